The first-order valence-corrected chi connectivity index (χ1v) is 25.4. The first-order chi connectivity index (χ1) is 28.9. The third-order valence-corrected chi connectivity index (χ3v) is 12.5. The van der Waals surface area contributed by atoms with E-state index in [9.17, 15) is 14.6 Å². The lowest BCUT2D eigenvalue weighted by atomic mass is 10.0. The van der Waals surface area contributed by atoms with Crippen LogP contribution in [0.5, 0.6) is 0 Å². The third-order valence-electron chi connectivity index (χ3n) is 11.5. The molecule has 0 spiro atoms. The molecule has 1 fully saturated rings. The number of nitrogens with zero attached hydrogens (tertiary/aromatic N) is 4. The van der Waals surface area contributed by atoms with Crippen LogP contribution in [0, 0.1) is 0 Å². The molecule has 1 aliphatic heterocycles. The van der Waals surface area contributed by atoms with E-state index in [0.717, 1.165) is 25.7 Å². The van der Waals surface area contributed by atoms with Gasteiger partial charge in [0.25, 0.3) is 0 Å². The number of anilines is 1. The summed E-state index contributed by atoms with van der Waals surface area (Å²) in [6, 6.07) is 0. The van der Waals surface area contributed by atoms with Crippen molar-refractivity contribution in [2.75, 3.05) is 38.8 Å². The molecule has 0 saturated carbocycles. The van der Waals surface area contributed by atoms with Gasteiger partial charge in [0, 0.05) is 19.6 Å². The van der Waals surface area contributed by atoms with Gasteiger partial charge in [-0.2, -0.15) is 0 Å². The largest absolute Gasteiger partial charge is 0.472 e. The number of unbranched alkanes of at least 4 members (excludes halogenated alkanes) is 26. The zero-order valence-electron chi connectivity index (χ0n) is 37.2. The molecule has 0 aromatic carbocycles. The molecule has 0 aliphatic carbocycles. The maximum Gasteiger partial charge on any atom is 0.472 e. The number of hydrogen-bond donors (Lipinski definition) is 3. The number of ether oxygens (including phenoxy) is 3. The predicted molar refractivity (Wildman–Crippen MR) is 237 cm³/mol. The second kappa shape index (κ2) is 32.9. The number of aromatic nitrogens is 4. The van der Waals surface area contributed by atoms with E-state index in [4.69, 9.17) is 29.0 Å². The quantitative estimate of drug-likeness (QED) is 0.0428. The summed E-state index contributed by atoms with van der Waals surface area (Å²) in [5, 5.41) is 9.85. The number of nitrogens with two attached hydrogens (primary N) is 1. The van der Waals surface area contributed by atoms with Crippen molar-refractivity contribution >= 4 is 24.8 Å². The van der Waals surface area contributed by atoms with Gasteiger partial charge < -0.3 is 29.9 Å². The number of imidazole rings is 1. The van der Waals surface area contributed by atoms with Gasteiger partial charge in [0.05, 0.1) is 32.3 Å². The Hall–Kier alpha value is -1.70. The molecule has 2 aromatic heterocycles. The fourth-order valence-electron chi connectivity index (χ4n) is 7.91. The fourth-order valence-corrected chi connectivity index (χ4v) is 8.86. The highest BCUT2D eigenvalue weighted by Gasteiger charge is 2.42. The second-order valence-electron chi connectivity index (χ2n) is 16.8. The van der Waals surface area contributed by atoms with Crippen molar-refractivity contribution in [3.63, 3.8) is 0 Å². The maximum atomic E-state index is 13.4. The van der Waals surface area contributed by atoms with Crippen LogP contribution in [-0.2, 0) is 27.8 Å². The Morgan fingerprint density at radius 3 is 1.73 bits per heavy atom. The number of phosphoric acid groups is 1. The topological polar surface area (TPSA) is 173 Å². The van der Waals surface area contributed by atoms with Crippen LogP contribution >= 0.6 is 7.82 Å². The number of aliphatic hydroxyl groups is 1. The van der Waals surface area contributed by atoms with Crippen LogP contribution in [0.2, 0.25) is 0 Å². The Morgan fingerprint density at radius 2 is 1.22 bits per heavy atom. The molecule has 1 unspecified atom stereocenters. The van der Waals surface area contributed by atoms with Crippen LogP contribution in [0.15, 0.2) is 12.7 Å². The molecule has 1 aliphatic rings. The molecular weight excluding hydrogens is 769 g/mol. The molecule has 0 radical (unpaired) electrons. The minimum absolute atomic E-state index is 0.162. The lowest BCUT2D eigenvalue weighted by Gasteiger charge is -2.24. The van der Waals surface area contributed by atoms with Gasteiger partial charge in [0.1, 0.15) is 24.1 Å². The van der Waals surface area contributed by atoms with Gasteiger partial charge in [-0.25, -0.2) is 19.5 Å². The molecule has 3 heterocycles. The SMILES string of the molecule is CCCCCCCCCCCCCCCCOC[C@@H](COP(=O)(O)O[C@@H]1C[C@@H](CO)O[C@H]1n1cnc2c(N)ncnc21)OCCCCCCCCCCCCCCCC. The Bertz CT molecular complexity index is 1350. The molecule has 0 amide bonds. The standard InChI is InChI=1S/C45H84N5O8P/c1-3-5-7-9-11-13-15-17-19-21-23-25-27-29-31-54-35-40(55-32-30-28-26-24-22-20-18-16-14-12-10-8-6-4-2)36-56-59(52,53)58-41-33-39(34-51)57-45(41)50-38-49-42-43(46)47-37-48-44(42)50/h37-41,45,51H,3-36H2,1-2H3,(H,52,53)(H2,46,47,48)/t39-,40-,41+,45+/m0/s1. The summed E-state index contributed by atoms with van der Waals surface area (Å²) in [4.78, 5) is 23.4. The van der Waals surface area contributed by atoms with E-state index >= 15 is 0 Å². The average molecular weight is 854 g/mol. The van der Waals surface area contributed by atoms with E-state index in [2.05, 4.69) is 28.8 Å². The monoisotopic (exact) mass is 854 g/mol. The van der Waals surface area contributed by atoms with Crippen molar-refractivity contribution in [2.45, 2.75) is 225 Å². The Morgan fingerprint density at radius 1 is 0.729 bits per heavy atom. The van der Waals surface area contributed by atoms with E-state index in [1.165, 1.54) is 167 Å². The summed E-state index contributed by atoms with van der Waals surface area (Å²) >= 11 is 0. The molecule has 1 saturated heterocycles. The van der Waals surface area contributed by atoms with Gasteiger partial charge in [-0.3, -0.25) is 13.6 Å². The summed E-state index contributed by atoms with van der Waals surface area (Å²) in [5.74, 6) is 0.200. The van der Waals surface area contributed by atoms with E-state index in [1.807, 2.05) is 0 Å². The van der Waals surface area contributed by atoms with E-state index < -0.39 is 32.4 Å². The smallest absolute Gasteiger partial charge is 0.394 e. The van der Waals surface area contributed by atoms with Crippen molar-refractivity contribution in [1.29, 1.82) is 0 Å². The first-order valence-electron chi connectivity index (χ1n) is 23.9. The van der Waals surface area contributed by atoms with Crippen molar-refractivity contribution in [3.05, 3.63) is 12.7 Å². The summed E-state index contributed by atoms with van der Waals surface area (Å²) in [6.45, 7) is 5.49. The van der Waals surface area contributed by atoms with E-state index in [-0.39, 0.29) is 32.1 Å². The molecule has 2 aromatic rings. The molecule has 5 atom stereocenters. The Labute approximate surface area is 357 Å². The van der Waals surface area contributed by atoms with Crippen LogP contribution in [-0.4, -0.2) is 80.9 Å². The molecule has 4 N–H and O–H groups in total. The highest BCUT2D eigenvalue weighted by Crippen LogP contribution is 2.49. The van der Waals surface area contributed by atoms with Crippen molar-refractivity contribution < 1.29 is 37.8 Å². The van der Waals surface area contributed by atoms with E-state index in [0.29, 0.717) is 24.4 Å². The van der Waals surface area contributed by atoms with Crippen LogP contribution in [0.25, 0.3) is 11.2 Å². The number of nitrogen functional groups attached to an aromatic ring is 1. The van der Waals surface area contributed by atoms with Gasteiger partial charge >= 0.3 is 7.82 Å². The molecular formula is C45H84N5O8P. The number of phosphoric ester groups is 1. The van der Waals surface area contributed by atoms with Crippen molar-refractivity contribution in [3.8, 4) is 0 Å². The van der Waals surface area contributed by atoms with Crippen LogP contribution in [0.4, 0.5) is 5.82 Å². The number of fused-ring (bicyclic) bond motifs is 1. The van der Waals surface area contributed by atoms with Gasteiger partial charge in [-0.05, 0) is 12.8 Å². The van der Waals surface area contributed by atoms with Crippen LogP contribution in [0.3, 0.4) is 0 Å². The van der Waals surface area contributed by atoms with Crippen molar-refractivity contribution in [1.82, 2.24) is 19.5 Å². The maximum absolute atomic E-state index is 13.4. The summed E-state index contributed by atoms with van der Waals surface area (Å²) in [6.07, 6.45) is 36.2. The van der Waals surface area contributed by atoms with Gasteiger partial charge in [0.2, 0.25) is 0 Å². The number of hydrogen-bond acceptors (Lipinski definition) is 11. The number of rotatable bonds is 40. The molecule has 13 nitrogen and oxygen atoms in total. The second-order valence-corrected chi connectivity index (χ2v) is 18.2. The molecule has 14 heteroatoms. The lowest BCUT2D eigenvalue weighted by Crippen LogP contribution is -2.27. The third kappa shape index (κ3) is 22.8. The zero-order chi connectivity index (χ0) is 42.2. The van der Waals surface area contributed by atoms with Crippen LogP contribution < -0.4 is 5.73 Å². The Kier molecular flexibility index (Phi) is 28.8. The van der Waals surface area contributed by atoms with Crippen molar-refractivity contribution in [2.24, 2.45) is 0 Å². The van der Waals surface area contributed by atoms with Gasteiger partial charge in [-0.1, -0.05) is 181 Å². The van der Waals surface area contributed by atoms with Crippen LogP contribution in [0.1, 0.15) is 206 Å². The molecule has 342 valence electrons. The average Bonchev–Trinajstić information content (AvgIpc) is 3.85. The Balaban J connectivity index is 1.37. The highest BCUT2D eigenvalue weighted by atomic mass is 31.2. The fraction of sp³-hybridized carbons (Fsp3) is 0.889. The highest BCUT2D eigenvalue weighted by molar-refractivity contribution is 7.47. The first kappa shape index (κ1) is 51.6. The summed E-state index contributed by atoms with van der Waals surface area (Å²) in [5.41, 5.74) is 6.73. The minimum atomic E-state index is -4.58. The zero-order valence-corrected chi connectivity index (χ0v) is 38.1. The molecule has 0 bridgehead atoms. The number of aliphatic hydroxyl groups excluding tert-OH is 1. The van der Waals surface area contributed by atoms with E-state index in [1.54, 1.807) is 4.57 Å². The lowest BCUT2D eigenvalue weighted by molar-refractivity contribution is -0.0592. The predicted octanol–water partition coefficient (Wildman–Crippen LogP) is 11.6. The minimum Gasteiger partial charge on any atom is -0.394 e. The van der Waals surface area contributed by atoms with Gasteiger partial charge in [-0.15, -0.1) is 0 Å². The summed E-state index contributed by atoms with van der Waals surface area (Å²) < 4.78 is 44.4. The van der Waals surface area contributed by atoms with Gasteiger partial charge in [0.15, 0.2) is 17.7 Å². The molecule has 3 rings (SSSR count). The molecule has 59 heavy (non-hydrogen) atoms. The summed E-state index contributed by atoms with van der Waals surface area (Å²) in [7, 11) is -4.58. The normalized spacial score (nSPS) is 18.5.